The molecule has 0 aromatic heterocycles. The van der Waals surface area contributed by atoms with E-state index < -0.39 is 5.41 Å². The number of hydrogen-bond donors (Lipinski definition) is 0. The molecule has 1 saturated heterocycles. The highest BCUT2D eigenvalue weighted by atomic mass is 19.1. The van der Waals surface area contributed by atoms with Gasteiger partial charge in [-0.25, -0.2) is 4.39 Å². The number of benzene rings is 1. The first-order valence-electron chi connectivity index (χ1n) is 8.24. The quantitative estimate of drug-likeness (QED) is 0.794. The smallest absolute Gasteiger partial charge is 0.242 e. The van der Waals surface area contributed by atoms with Gasteiger partial charge in [-0.15, -0.1) is 0 Å². The SMILES string of the molecule is CN(Cc1ccc(F)cc1)C(=O)CN1C(=O)CC2(CCCC2)C1=O. The van der Waals surface area contributed by atoms with Crippen LogP contribution in [0, 0.1) is 11.2 Å². The van der Waals surface area contributed by atoms with Gasteiger partial charge >= 0.3 is 0 Å². The molecule has 1 spiro atoms. The number of carbonyl (C=O) groups excluding carboxylic acids is 3. The highest BCUT2D eigenvalue weighted by Crippen LogP contribution is 2.46. The van der Waals surface area contributed by atoms with Gasteiger partial charge in [0.1, 0.15) is 12.4 Å². The second-order valence-corrected chi connectivity index (χ2v) is 6.83. The van der Waals surface area contributed by atoms with Gasteiger partial charge in [0.15, 0.2) is 0 Å². The first-order valence-corrected chi connectivity index (χ1v) is 8.24. The summed E-state index contributed by atoms with van der Waals surface area (Å²) in [5.74, 6) is -1.06. The van der Waals surface area contributed by atoms with E-state index in [2.05, 4.69) is 0 Å². The maximum absolute atomic E-state index is 12.9. The van der Waals surface area contributed by atoms with E-state index in [9.17, 15) is 18.8 Å². The van der Waals surface area contributed by atoms with Crippen LogP contribution in [0.5, 0.6) is 0 Å². The summed E-state index contributed by atoms with van der Waals surface area (Å²) in [6, 6.07) is 5.90. The molecule has 3 amide bonds. The van der Waals surface area contributed by atoms with Crippen molar-refractivity contribution in [2.45, 2.75) is 38.6 Å². The Hall–Kier alpha value is -2.24. The molecule has 0 unspecified atom stereocenters. The van der Waals surface area contributed by atoms with Gasteiger partial charge in [-0.05, 0) is 30.5 Å². The zero-order valence-corrected chi connectivity index (χ0v) is 13.8. The van der Waals surface area contributed by atoms with E-state index in [1.165, 1.54) is 17.0 Å². The third kappa shape index (κ3) is 3.05. The molecule has 0 N–H and O–H groups in total. The van der Waals surface area contributed by atoms with Crippen LogP contribution in [0.25, 0.3) is 0 Å². The lowest BCUT2D eigenvalue weighted by atomic mass is 9.84. The molecule has 6 heteroatoms. The normalized spacial score (nSPS) is 19.3. The number of imide groups is 1. The molecule has 1 aliphatic carbocycles. The van der Waals surface area contributed by atoms with Crippen molar-refractivity contribution in [2.24, 2.45) is 5.41 Å². The molecule has 24 heavy (non-hydrogen) atoms. The molecule has 1 aromatic rings. The van der Waals surface area contributed by atoms with Crippen LogP contribution in [0.15, 0.2) is 24.3 Å². The van der Waals surface area contributed by atoms with Gasteiger partial charge in [-0.2, -0.15) is 0 Å². The van der Waals surface area contributed by atoms with Crippen molar-refractivity contribution < 1.29 is 18.8 Å². The van der Waals surface area contributed by atoms with E-state index in [4.69, 9.17) is 0 Å². The Balaban J connectivity index is 1.62. The summed E-state index contributed by atoms with van der Waals surface area (Å²) in [6.45, 7) is 0.0948. The average Bonchev–Trinajstić information content (AvgIpc) is 3.11. The highest BCUT2D eigenvalue weighted by Gasteiger charge is 2.52. The Morgan fingerprint density at radius 1 is 1.21 bits per heavy atom. The van der Waals surface area contributed by atoms with Crippen LogP contribution < -0.4 is 0 Å². The molecule has 1 aliphatic heterocycles. The van der Waals surface area contributed by atoms with Gasteiger partial charge in [0.25, 0.3) is 0 Å². The van der Waals surface area contributed by atoms with Crippen molar-refractivity contribution in [3.63, 3.8) is 0 Å². The molecule has 3 rings (SSSR count). The minimum absolute atomic E-state index is 0.187. The maximum atomic E-state index is 12.9. The number of amides is 3. The van der Waals surface area contributed by atoms with Crippen LogP contribution in [0.2, 0.25) is 0 Å². The molecular weight excluding hydrogens is 311 g/mol. The summed E-state index contributed by atoms with van der Waals surface area (Å²) in [5, 5.41) is 0. The van der Waals surface area contributed by atoms with Gasteiger partial charge in [0.2, 0.25) is 17.7 Å². The number of likely N-dealkylation sites (tertiary alicyclic amines) is 1. The predicted molar refractivity (Wildman–Crippen MR) is 85.1 cm³/mol. The second kappa shape index (κ2) is 6.34. The Labute approximate surface area is 140 Å². The third-order valence-corrected chi connectivity index (χ3v) is 5.10. The molecule has 0 atom stereocenters. The minimum Gasteiger partial charge on any atom is -0.340 e. The maximum Gasteiger partial charge on any atom is 0.242 e. The lowest BCUT2D eigenvalue weighted by Crippen LogP contribution is -2.42. The number of hydrogen-bond acceptors (Lipinski definition) is 3. The van der Waals surface area contributed by atoms with Crippen molar-refractivity contribution in [1.29, 1.82) is 0 Å². The standard InChI is InChI=1S/C18H21FN2O3/c1-20(11-13-4-6-14(19)7-5-13)16(23)12-21-15(22)10-18(17(21)24)8-2-3-9-18/h4-7H,2-3,8-12H2,1H3. The molecule has 1 saturated carbocycles. The molecule has 0 bridgehead atoms. The van der Waals surface area contributed by atoms with Gasteiger partial charge in [-0.1, -0.05) is 25.0 Å². The summed E-state index contributed by atoms with van der Waals surface area (Å²) in [5.41, 5.74) is 0.242. The van der Waals surface area contributed by atoms with Crippen LogP contribution >= 0.6 is 0 Å². The van der Waals surface area contributed by atoms with Crippen LogP contribution in [-0.4, -0.2) is 41.1 Å². The van der Waals surface area contributed by atoms with E-state index in [0.29, 0.717) is 6.54 Å². The first-order chi connectivity index (χ1) is 11.4. The van der Waals surface area contributed by atoms with Crippen LogP contribution in [0.3, 0.4) is 0 Å². The number of likely N-dealkylation sites (N-methyl/N-ethyl adjacent to an activating group) is 1. The topological polar surface area (TPSA) is 57.7 Å². The van der Waals surface area contributed by atoms with Crippen molar-refractivity contribution in [3.05, 3.63) is 35.6 Å². The summed E-state index contributed by atoms with van der Waals surface area (Å²) < 4.78 is 12.9. The molecule has 1 heterocycles. The monoisotopic (exact) mass is 332 g/mol. The number of nitrogens with zero attached hydrogens (tertiary/aromatic N) is 2. The van der Waals surface area contributed by atoms with Gasteiger partial charge in [0, 0.05) is 20.0 Å². The number of rotatable bonds is 4. The van der Waals surface area contributed by atoms with Gasteiger partial charge < -0.3 is 4.90 Å². The number of halogens is 1. The summed E-state index contributed by atoms with van der Waals surface area (Å²) in [4.78, 5) is 39.7. The second-order valence-electron chi connectivity index (χ2n) is 6.83. The van der Waals surface area contributed by atoms with Crippen molar-refractivity contribution in [1.82, 2.24) is 9.80 Å². The molecule has 128 valence electrons. The lowest BCUT2D eigenvalue weighted by molar-refractivity contribution is -0.147. The fraction of sp³-hybridized carbons (Fsp3) is 0.500. The van der Waals surface area contributed by atoms with Crippen molar-refractivity contribution >= 4 is 17.7 Å². The fourth-order valence-electron chi connectivity index (χ4n) is 3.67. The van der Waals surface area contributed by atoms with Crippen LogP contribution in [-0.2, 0) is 20.9 Å². The van der Waals surface area contributed by atoms with Crippen molar-refractivity contribution in [3.8, 4) is 0 Å². The Bertz CT molecular complexity index is 665. The summed E-state index contributed by atoms with van der Waals surface area (Å²) in [7, 11) is 1.61. The van der Waals surface area contributed by atoms with E-state index in [1.807, 2.05) is 0 Å². The van der Waals surface area contributed by atoms with E-state index in [0.717, 1.165) is 36.1 Å². The zero-order valence-electron chi connectivity index (χ0n) is 13.8. The Morgan fingerprint density at radius 2 is 1.83 bits per heavy atom. The minimum atomic E-state index is -0.549. The summed E-state index contributed by atoms with van der Waals surface area (Å²) in [6.07, 6.45) is 3.65. The molecule has 5 nitrogen and oxygen atoms in total. The van der Waals surface area contributed by atoms with Crippen molar-refractivity contribution in [2.75, 3.05) is 13.6 Å². The van der Waals surface area contributed by atoms with Crippen LogP contribution in [0.4, 0.5) is 4.39 Å². The van der Waals surface area contributed by atoms with Gasteiger partial charge in [0.05, 0.1) is 5.41 Å². The highest BCUT2D eigenvalue weighted by molar-refractivity contribution is 6.08. The molecule has 2 aliphatic rings. The predicted octanol–water partition coefficient (Wildman–Crippen LogP) is 2.10. The molecule has 2 fully saturated rings. The fourth-order valence-corrected chi connectivity index (χ4v) is 3.67. The zero-order chi connectivity index (χ0) is 17.3. The molecular formula is C18H21FN2O3. The van der Waals surface area contributed by atoms with Crippen LogP contribution in [0.1, 0.15) is 37.7 Å². The Kier molecular flexibility index (Phi) is 4.39. The average molecular weight is 332 g/mol. The summed E-state index contributed by atoms with van der Waals surface area (Å²) >= 11 is 0. The largest absolute Gasteiger partial charge is 0.340 e. The van der Waals surface area contributed by atoms with Gasteiger partial charge in [-0.3, -0.25) is 19.3 Å². The molecule has 1 aromatic carbocycles. The molecule has 0 radical (unpaired) electrons. The van der Waals surface area contributed by atoms with E-state index in [1.54, 1.807) is 19.2 Å². The van der Waals surface area contributed by atoms with E-state index in [-0.39, 0.29) is 36.5 Å². The lowest BCUT2D eigenvalue weighted by Gasteiger charge is -2.23. The first kappa shape index (κ1) is 16.6. The third-order valence-electron chi connectivity index (χ3n) is 5.10. The number of carbonyl (C=O) groups is 3. The van der Waals surface area contributed by atoms with E-state index >= 15 is 0 Å². The Morgan fingerprint density at radius 3 is 2.46 bits per heavy atom.